The monoisotopic (exact) mass is 402 g/mol. The first kappa shape index (κ1) is 22.9. The molecule has 2 rings (SSSR count). The van der Waals surface area contributed by atoms with E-state index in [-0.39, 0.29) is 24.8 Å². The van der Waals surface area contributed by atoms with Crippen molar-refractivity contribution in [1.82, 2.24) is 9.88 Å². The molecule has 0 aliphatic rings. The molecule has 0 amide bonds. The summed E-state index contributed by atoms with van der Waals surface area (Å²) in [4.78, 5) is 29.4. The van der Waals surface area contributed by atoms with Gasteiger partial charge in [-0.05, 0) is 65.2 Å². The van der Waals surface area contributed by atoms with Crippen LogP contribution in [0.2, 0.25) is 0 Å². The fourth-order valence-electron chi connectivity index (χ4n) is 3.65. The predicted octanol–water partition coefficient (Wildman–Crippen LogP) is 4.47. The number of hydrogen-bond donors (Lipinski definition) is 1. The molecule has 29 heavy (non-hydrogen) atoms. The number of esters is 2. The second-order valence-corrected chi connectivity index (χ2v) is 7.80. The summed E-state index contributed by atoms with van der Waals surface area (Å²) in [6.07, 6.45) is 3.70. The first-order valence-corrected chi connectivity index (χ1v) is 10.5. The van der Waals surface area contributed by atoms with Gasteiger partial charge >= 0.3 is 11.9 Å². The number of fused-ring (bicyclic) bond motifs is 1. The highest BCUT2D eigenvalue weighted by Crippen LogP contribution is 2.30. The molecule has 2 aromatic rings. The van der Waals surface area contributed by atoms with Gasteiger partial charge in [0, 0.05) is 48.6 Å². The zero-order chi connectivity index (χ0) is 21.4. The number of carbonyl (C=O) groups excluding carboxylic acids is 2. The number of nitrogens with zero attached hydrogens (tertiary/aromatic N) is 1. The van der Waals surface area contributed by atoms with Gasteiger partial charge in [0.15, 0.2) is 0 Å². The molecule has 0 spiro atoms. The second kappa shape index (κ2) is 11.0. The lowest BCUT2D eigenvalue weighted by atomic mass is 10.1. The Labute approximate surface area is 173 Å². The van der Waals surface area contributed by atoms with Crippen LogP contribution in [0.15, 0.2) is 24.4 Å². The molecule has 1 aromatic carbocycles. The van der Waals surface area contributed by atoms with Gasteiger partial charge in [-0.15, -0.1) is 0 Å². The van der Waals surface area contributed by atoms with E-state index in [0.717, 1.165) is 29.4 Å². The van der Waals surface area contributed by atoms with Crippen LogP contribution in [0.3, 0.4) is 0 Å². The molecule has 6 nitrogen and oxygen atoms in total. The molecule has 1 heterocycles. The van der Waals surface area contributed by atoms with Crippen LogP contribution < -0.4 is 4.74 Å². The zero-order valence-corrected chi connectivity index (χ0v) is 18.3. The van der Waals surface area contributed by atoms with Crippen molar-refractivity contribution in [1.29, 1.82) is 0 Å². The largest absolute Gasteiger partial charge is 0.466 e. The Balaban J connectivity index is 2.05. The Bertz CT molecular complexity index is 802. The molecule has 0 radical (unpaired) electrons. The number of ether oxygens (including phenoxy) is 2. The highest BCUT2D eigenvalue weighted by Gasteiger charge is 2.17. The Hall–Kier alpha value is -2.34. The minimum Gasteiger partial charge on any atom is -0.466 e. The van der Waals surface area contributed by atoms with Crippen molar-refractivity contribution < 1.29 is 19.1 Å². The molecule has 0 saturated carbocycles. The van der Waals surface area contributed by atoms with Crippen LogP contribution in [-0.2, 0) is 20.7 Å². The van der Waals surface area contributed by atoms with Crippen molar-refractivity contribution >= 4 is 22.8 Å². The van der Waals surface area contributed by atoms with Crippen molar-refractivity contribution in [3.63, 3.8) is 0 Å². The summed E-state index contributed by atoms with van der Waals surface area (Å²) >= 11 is 0. The Morgan fingerprint density at radius 1 is 1.07 bits per heavy atom. The van der Waals surface area contributed by atoms with Crippen LogP contribution in [-0.4, -0.2) is 47.1 Å². The van der Waals surface area contributed by atoms with Crippen molar-refractivity contribution in [2.24, 2.45) is 0 Å². The van der Waals surface area contributed by atoms with Crippen LogP contribution >= 0.6 is 0 Å². The molecule has 6 heteroatoms. The predicted molar refractivity (Wildman–Crippen MR) is 115 cm³/mol. The Morgan fingerprint density at radius 2 is 1.76 bits per heavy atom. The maximum Gasteiger partial charge on any atom is 0.311 e. The number of aromatic amines is 1. The van der Waals surface area contributed by atoms with Gasteiger partial charge in [0.25, 0.3) is 0 Å². The summed E-state index contributed by atoms with van der Waals surface area (Å²) in [5.74, 6) is -0.0457. The highest BCUT2D eigenvalue weighted by atomic mass is 16.5. The zero-order valence-electron chi connectivity index (χ0n) is 18.3. The third kappa shape index (κ3) is 6.60. The molecule has 0 saturated heterocycles. The van der Waals surface area contributed by atoms with Gasteiger partial charge in [-0.25, -0.2) is 0 Å². The lowest BCUT2D eigenvalue weighted by Crippen LogP contribution is -2.38. The highest BCUT2D eigenvalue weighted by molar-refractivity contribution is 5.91. The second-order valence-electron chi connectivity index (χ2n) is 7.80. The third-order valence-electron chi connectivity index (χ3n) is 5.01. The number of aromatic nitrogens is 1. The molecule has 1 N–H and O–H groups in total. The number of H-pyrrole nitrogens is 1. The number of nitrogens with one attached hydrogen (secondary N) is 1. The Kier molecular flexibility index (Phi) is 8.70. The van der Waals surface area contributed by atoms with E-state index in [1.165, 1.54) is 0 Å². The average molecular weight is 403 g/mol. The summed E-state index contributed by atoms with van der Waals surface area (Å²) in [5, 5.41) is 0.957. The average Bonchev–Trinajstić information content (AvgIpc) is 3.06. The van der Waals surface area contributed by atoms with Crippen LogP contribution in [0.1, 0.15) is 59.4 Å². The van der Waals surface area contributed by atoms with Gasteiger partial charge in [-0.2, -0.15) is 0 Å². The molecule has 0 bridgehead atoms. The maximum atomic E-state index is 12.3. The van der Waals surface area contributed by atoms with Gasteiger partial charge in [0.1, 0.15) is 5.75 Å². The summed E-state index contributed by atoms with van der Waals surface area (Å²) in [7, 11) is 0. The minimum absolute atomic E-state index is 0.184. The molecule has 160 valence electrons. The van der Waals surface area contributed by atoms with E-state index in [0.29, 0.717) is 30.9 Å². The summed E-state index contributed by atoms with van der Waals surface area (Å²) in [5.41, 5.74) is 2.10. The number of hydrogen-bond acceptors (Lipinski definition) is 5. The lowest BCUT2D eigenvalue weighted by Gasteiger charge is -2.30. The molecule has 0 atom stereocenters. The lowest BCUT2D eigenvalue weighted by molar-refractivity contribution is -0.143. The van der Waals surface area contributed by atoms with E-state index in [2.05, 4.69) is 37.6 Å². The Morgan fingerprint density at radius 3 is 2.41 bits per heavy atom. The van der Waals surface area contributed by atoms with E-state index < -0.39 is 0 Å². The third-order valence-corrected chi connectivity index (χ3v) is 5.01. The molecule has 0 fully saturated rings. The first-order chi connectivity index (χ1) is 13.8. The minimum atomic E-state index is -0.333. The fraction of sp³-hybridized carbons (Fsp3) is 0.565. The van der Waals surface area contributed by atoms with Crippen molar-refractivity contribution in [2.75, 3.05) is 13.2 Å². The normalized spacial score (nSPS) is 11.6. The SMILES string of the molecule is CCOC(=O)CCCC(=O)Oc1cccc2[nH]cc(CCN(C(C)C)C(C)C)c12. The summed E-state index contributed by atoms with van der Waals surface area (Å²) in [6.45, 7) is 11.9. The van der Waals surface area contributed by atoms with E-state index in [1.807, 2.05) is 24.4 Å². The van der Waals surface area contributed by atoms with Crippen LogP contribution in [0, 0.1) is 0 Å². The molecular weight excluding hydrogens is 368 g/mol. The van der Waals surface area contributed by atoms with Crippen molar-refractivity contribution in [3.8, 4) is 5.75 Å². The standard InChI is InChI=1S/C23H34N2O4/c1-6-28-21(26)11-8-12-22(27)29-20-10-7-9-19-23(20)18(15-24-19)13-14-25(16(2)3)17(4)5/h7,9-10,15-17,24H,6,8,11-14H2,1-5H3. The van der Waals surface area contributed by atoms with Crippen molar-refractivity contribution in [3.05, 3.63) is 30.0 Å². The topological polar surface area (TPSA) is 71.6 Å². The smallest absolute Gasteiger partial charge is 0.311 e. The maximum absolute atomic E-state index is 12.3. The number of benzene rings is 1. The van der Waals surface area contributed by atoms with Gasteiger partial charge in [-0.3, -0.25) is 14.5 Å². The van der Waals surface area contributed by atoms with Gasteiger partial charge in [0.2, 0.25) is 0 Å². The number of carbonyl (C=O) groups is 2. The van der Waals surface area contributed by atoms with Gasteiger partial charge in [0.05, 0.1) is 6.61 Å². The van der Waals surface area contributed by atoms with E-state index >= 15 is 0 Å². The molecule has 0 unspecified atom stereocenters. The van der Waals surface area contributed by atoms with E-state index in [4.69, 9.17) is 9.47 Å². The molecule has 1 aromatic heterocycles. The van der Waals surface area contributed by atoms with Gasteiger partial charge < -0.3 is 14.5 Å². The van der Waals surface area contributed by atoms with E-state index in [9.17, 15) is 9.59 Å². The van der Waals surface area contributed by atoms with E-state index in [1.54, 1.807) is 6.92 Å². The van der Waals surface area contributed by atoms with Crippen LogP contribution in [0.25, 0.3) is 10.9 Å². The number of rotatable bonds is 11. The molecular formula is C23H34N2O4. The van der Waals surface area contributed by atoms with Crippen LogP contribution in [0.5, 0.6) is 5.75 Å². The quantitative estimate of drug-likeness (QED) is 0.444. The summed E-state index contributed by atoms with van der Waals surface area (Å²) in [6, 6.07) is 6.62. The fourth-order valence-corrected chi connectivity index (χ4v) is 3.65. The van der Waals surface area contributed by atoms with Gasteiger partial charge in [-0.1, -0.05) is 6.07 Å². The first-order valence-electron chi connectivity index (χ1n) is 10.5. The molecule has 0 aliphatic heterocycles. The molecule has 0 aliphatic carbocycles. The van der Waals surface area contributed by atoms with Crippen LogP contribution in [0.4, 0.5) is 0 Å². The summed E-state index contributed by atoms with van der Waals surface area (Å²) < 4.78 is 10.5. The van der Waals surface area contributed by atoms with Crippen molar-refractivity contribution in [2.45, 2.75) is 72.4 Å².